The van der Waals surface area contributed by atoms with Crippen LogP contribution in [0.2, 0.25) is 0 Å². The van der Waals surface area contributed by atoms with Crippen LogP contribution < -0.4 is 5.32 Å². The van der Waals surface area contributed by atoms with Crippen molar-refractivity contribution < 1.29 is 14.6 Å². The third-order valence-corrected chi connectivity index (χ3v) is 3.42. The molecule has 0 aromatic carbocycles. The molecule has 1 aliphatic rings. The quantitative estimate of drug-likeness (QED) is 0.673. The van der Waals surface area contributed by atoms with Crippen LogP contribution in [0.25, 0.3) is 0 Å². The van der Waals surface area contributed by atoms with Crippen LogP contribution in [0.4, 0.5) is 0 Å². The van der Waals surface area contributed by atoms with Gasteiger partial charge in [-0.3, -0.25) is 0 Å². The van der Waals surface area contributed by atoms with E-state index in [1.807, 2.05) is 0 Å². The topological polar surface area (TPSA) is 50.7 Å². The van der Waals surface area contributed by atoms with E-state index >= 15 is 0 Å². The third-order valence-electron chi connectivity index (χ3n) is 3.42. The molecule has 0 saturated heterocycles. The summed E-state index contributed by atoms with van der Waals surface area (Å²) in [6.45, 7) is 3.05. The summed E-state index contributed by atoms with van der Waals surface area (Å²) < 4.78 is 10.4. The summed E-state index contributed by atoms with van der Waals surface area (Å²) in [5, 5.41) is 12.8. The van der Waals surface area contributed by atoms with Gasteiger partial charge in [0.2, 0.25) is 0 Å². The van der Waals surface area contributed by atoms with E-state index in [2.05, 4.69) is 12.2 Å². The SMILES string of the molecule is COC(OC)C(C)NCC1CCC(O)CC1. The van der Waals surface area contributed by atoms with E-state index in [-0.39, 0.29) is 18.4 Å². The molecular weight excluding hydrogens is 206 g/mol. The summed E-state index contributed by atoms with van der Waals surface area (Å²) in [5.41, 5.74) is 0. The monoisotopic (exact) mass is 231 g/mol. The van der Waals surface area contributed by atoms with Crippen LogP contribution in [0, 0.1) is 5.92 Å². The second-order valence-electron chi connectivity index (χ2n) is 4.71. The highest BCUT2D eigenvalue weighted by atomic mass is 16.7. The van der Waals surface area contributed by atoms with Crippen molar-refractivity contribution in [2.75, 3.05) is 20.8 Å². The van der Waals surface area contributed by atoms with Crippen LogP contribution in [0.1, 0.15) is 32.6 Å². The number of aliphatic hydroxyl groups excluding tert-OH is 1. The molecule has 2 N–H and O–H groups in total. The van der Waals surface area contributed by atoms with Crippen molar-refractivity contribution >= 4 is 0 Å². The number of aliphatic hydroxyl groups is 1. The van der Waals surface area contributed by atoms with E-state index in [0.717, 1.165) is 32.2 Å². The normalized spacial score (nSPS) is 28.3. The van der Waals surface area contributed by atoms with E-state index < -0.39 is 0 Å². The Hall–Kier alpha value is -0.160. The Morgan fingerprint density at radius 1 is 1.19 bits per heavy atom. The lowest BCUT2D eigenvalue weighted by Crippen LogP contribution is -2.42. The molecule has 96 valence electrons. The molecule has 1 fully saturated rings. The molecule has 4 heteroatoms. The number of methoxy groups -OCH3 is 2. The van der Waals surface area contributed by atoms with E-state index in [4.69, 9.17) is 9.47 Å². The van der Waals surface area contributed by atoms with Crippen molar-refractivity contribution in [1.82, 2.24) is 5.32 Å². The minimum absolute atomic E-state index is 0.0700. The average molecular weight is 231 g/mol. The third kappa shape index (κ3) is 4.37. The molecule has 0 amide bonds. The fraction of sp³-hybridized carbons (Fsp3) is 1.00. The molecule has 1 saturated carbocycles. The van der Waals surface area contributed by atoms with Crippen molar-refractivity contribution in [1.29, 1.82) is 0 Å². The largest absolute Gasteiger partial charge is 0.393 e. The van der Waals surface area contributed by atoms with Gasteiger partial charge in [-0.25, -0.2) is 0 Å². The highest BCUT2D eigenvalue weighted by molar-refractivity contribution is 4.75. The number of rotatable bonds is 6. The van der Waals surface area contributed by atoms with Gasteiger partial charge in [-0.2, -0.15) is 0 Å². The number of hydrogen-bond acceptors (Lipinski definition) is 4. The summed E-state index contributed by atoms with van der Waals surface area (Å²) >= 11 is 0. The lowest BCUT2D eigenvalue weighted by Gasteiger charge is -2.28. The van der Waals surface area contributed by atoms with E-state index in [1.165, 1.54) is 0 Å². The van der Waals surface area contributed by atoms with Gasteiger partial charge in [-0.1, -0.05) is 0 Å². The maximum absolute atomic E-state index is 9.41. The Kier molecular flexibility index (Phi) is 6.28. The maximum Gasteiger partial charge on any atom is 0.171 e. The van der Waals surface area contributed by atoms with Crippen molar-refractivity contribution in [3.63, 3.8) is 0 Å². The van der Waals surface area contributed by atoms with E-state index in [0.29, 0.717) is 5.92 Å². The van der Waals surface area contributed by atoms with Crippen LogP contribution in [0.5, 0.6) is 0 Å². The molecule has 0 heterocycles. The first-order valence-electron chi connectivity index (χ1n) is 6.14. The first-order chi connectivity index (χ1) is 7.67. The van der Waals surface area contributed by atoms with Crippen LogP contribution in [0.3, 0.4) is 0 Å². The first kappa shape index (κ1) is 13.9. The van der Waals surface area contributed by atoms with E-state index in [9.17, 15) is 5.11 Å². The second kappa shape index (κ2) is 7.22. The number of ether oxygens (including phenoxy) is 2. The Morgan fingerprint density at radius 3 is 2.25 bits per heavy atom. The van der Waals surface area contributed by atoms with Gasteiger partial charge in [-0.15, -0.1) is 0 Å². The summed E-state index contributed by atoms with van der Waals surface area (Å²) in [6, 6.07) is 0.196. The summed E-state index contributed by atoms with van der Waals surface area (Å²) in [5.74, 6) is 0.681. The Balaban J connectivity index is 2.18. The molecular formula is C12H25NO3. The molecule has 1 unspecified atom stereocenters. The molecule has 0 aromatic heterocycles. The van der Waals surface area contributed by atoms with Gasteiger partial charge in [0, 0.05) is 14.2 Å². The van der Waals surface area contributed by atoms with Gasteiger partial charge in [0.15, 0.2) is 6.29 Å². The molecule has 0 aliphatic heterocycles. The highest BCUT2D eigenvalue weighted by Crippen LogP contribution is 2.23. The lowest BCUT2D eigenvalue weighted by atomic mass is 9.87. The molecule has 1 rings (SSSR count). The minimum Gasteiger partial charge on any atom is -0.393 e. The fourth-order valence-corrected chi connectivity index (χ4v) is 2.30. The Morgan fingerprint density at radius 2 is 1.75 bits per heavy atom. The number of nitrogens with one attached hydrogen (secondary N) is 1. The van der Waals surface area contributed by atoms with Crippen LogP contribution >= 0.6 is 0 Å². The molecule has 4 nitrogen and oxygen atoms in total. The Bertz CT molecular complexity index is 177. The summed E-state index contributed by atoms with van der Waals surface area (Å²) in [6.07, 6.45) is 3.86. The molecule has 1 atom stereocenters. The Labute approximate surface area is 98.3 Å². The molecule has 0 spiro atoms. The minimum atomic E-state index is -0.186. The van der Waals surface area contributed by atoms with Crippen LogP contribution in [-0.2, 0) is 9.47 Å². The standard InChI is InChI=1S/C12H25NO3/c1-9(12(15-2)16-3)13-8-10-4-6-11(14)7-5-10/h9-14H,4-8H2,1-3H3. The molecule has 1 aliphatic carbocycles. The number of hydrogen-bond donors (Lipinski definition) is 2. The van der Waals surface area contributed by atoms with Gasteiger partial charge in [0.05, 0.1) is 12.1 Å². The average Bonchev–Trinajstić information content (AvgIpc) is 2.30. The second-order valence-corrected chi connectivity index (χ2v) is 4.71. The van der Waals surface area contributed by atoms with Crippen molar-refractivity contribution in [3.8, 4) is 0 Å². The first-order valence-corrected chi connectivity index (χ1v) is 6.14. The van der Waals surface area contributed by atoms with Crippen molar-refractivity contribution in [2.24, 2.45) is 5.92 Å². The van der Waals surface area contributed by atoms with Gasteiger partial charge in [0.25, 0.3) is 0 Å². The highest BCUT2D eigenvalue weighted by Gasteiger charge is 2.21. The van der Waals surface area contributed by atoms with Gasteiger partial charge >= 0.3 is 0 Å². The van der Waals surface area contributed by atoms with Crippen LogP contribution in [0.15, 0.2) is 0 Å². The van der Waals surface area contributed by atoms with Crippen molar-refractivity contribution in [2.45, 2.75) is 51.0 Å². The molecule has 0 aromatic rings. The fourth-order valence-electron chi connectivity index (χ4n) is 2.30. The zero-order valence-corrected chi connectivity index (χ0v) is 10.6. The van der Waals surface area contributed by atoms with Crippen LogP contribution in [-0.4, -0.2) is 44.3 Å². The smallest absolute Gasteiger partial charge is 0.171 e. The molecule has 0 bridgehead atoms. The molecule has 0 radical (unpaired) electrons. The summed E-state index contributed by atoms with van der Waals surface area (Å²) in [7, 11) is 3.31. The maximum atomic E-state index is 9.41. The van der Waals surface area contributed by atoms with Gasteiger partial charge in [-0.05, 0) is 45.1 Å². The van der Waals surface area contributed by atoms with Gasteiger partial charge < -0.3 is 19.9 Å². The predicted octanol–water partition coefficient (Wildman–Crippen LogP) is 1.13. The van der Waals surface area contributed by atoms with E-state index in [1.54, 1.807) is 14.2 Å². The zero-order valence-electron chi connectivity index (χ0n) is 10.6. The molecule has 16 heavy (non-hydrogen) atoms. The summed E-state index contributed by atoms with van der Waals surface area (Å²) in [4.78, 5) is 0. The lowest BCUT2D eigenvalue weighted by molar-refractivity contribution is -0.119. The zero-order chi connectivity index (χ0) is 12.0. The van der Waals surface area contributed by atoms with Gasteiger partial charge in [0.1, 0.15) is 0 Å². The predicted molar refractivity (Wildman–Crippen MR) is 63.2 cm³/mol. The van der Waals surface area contributed by atoms with Crippen molar-refractivity contribution in [3.05, 3.63) is 0 Å².